The summed E-state index contributed by atoms with van der Waals surface area (Å²) in [6.07, 6.45) is -0.436. The number of methoxy groups -OCH3 is 1. The lowest BCUT2D eigenvalue weighted by Crippen LogP contribution is -2.55. The highest BCUT2D eigenvalue weighted by Crippen LogP contribution is 2.13. The van der Waals surface area contributed by atoms with Crippen molar-refractivity contribution in [3.8, 4) is 0 Å². The van der Waals surface area contributed by atoms with Gasteiger partial charge in [0.05, 0.1) is 19.6 Å². The second-order valence-electron chi connectivity index (χ2n) is 9.51. The molecular weight excluding hydrogens is 522 g/mol. The van der Waals surface area contributed by atoms with Crippen LogP contribution in [0, 0.1) is 0 Å². The topological polar surface area (TPSA) is 193 Å². The average molecular weight is 564 g/mol. The highest BCUT2D eigenvalue weighted by Gasteiger charge is 2.27. The predicted molar refractivity (Wildman–Crippen MR) is 147 cm³/mol. The van der Waals surface area contributed by atoms with Gasteiger partial charge in [0, 0.05) is 45.5 Å². The lowest BCUT2D eigenvalue weighted by atomic mass is 10.1. The van der Waals surface area contributed by atoms with E-state index in [2.05, 4.69) is 31.5 Å². The molecule has 14 nitrogen and oxygen atoms in total. The van der Waals surface area contributed by atoms with Crippen LogP contribution in [0.5, 0.6) is 0 Å². The van der Waals surface area contributed by atoms with Crippen LogP contribution in [0.25, 0.3) is 0 Å². The Bertz CT molecular complexity index is 1000. The lowest BCUT2D eigenvalue weighted by Gasteiger charge is -2.27. The number of nitrogens with zero attached hydrogens (tertiary/aromatic N) is 1. The minimum Gasteiger partial charge on any atom is -0.382 e. The van der Waals surface area contributed by atoms with Gasteiger partial charge in [-0.15, -0.1) is 0 Å². The summed E-state index contributed by atoms with van der Waals surface area (Å²) in [4.78, 5) is 63.9. The summed E-state index contributed by atoms with van der Waals surface area (Å²) in [5.74, 6) is -3.25. The van der Waals surface area contributed by atoms with Gasteiger partial charge in [-0.05, 0) is 31.5 Å². The molecule has 7 N–H and O–H groups in total. The monoisotopic (exact) mass is 563 g/mol. The Morgan fingerprint density at radius 1 is 0.925 bits per heavy atom. The number of nitrogens with one attached hydrogen (secondary N) is 5. The second kappa shape index (κ2) is 17.2. The number of hydrogen-bond donors (Lipinski definition) is 6. The zero-order chi connectivity index (χ0) is 29.5. The molecule has 40 heavy (non-hydrogen) atoms. The molecule has 222 valence electrons. The first-order chi connectivity index (χ1) is 19.1. The molecule has 0 saturated carbocycles. The molecular formula is C26H41N7O7. The number of rotatable bonds is 16. The molecule has 1 fully saturated rings. The highest BCUT2D eigenvalue weighted by molar-refractivity contribution is 6.00. The summed E-state index contributed by atoms with van der Waals surface area (Å²) in [6, 6.07) is 4.03. The molecule has 5 amide bonds. The van der Waals surface area contributed by atoms with E-state index in [0.717, 1.165) is 38.3 Å². The summed E-state index contributed by atoms with van der Waals surface area (Å²) >= 11 is 0. The van der Waals surface area contributed by atoms with Crippen molar-refractivity contribution in [1.29, 1.82) is 0 Å². The third-order valence-electron chi connectivity index (χ3n) is 6.06. The number of carbonyl (C=O) groups is 5. The molecule has 0 aliphatic carbocycles. The largest absolute Gasteiger partial charge is 0.382 e. The van der Waals surface area contributed by atoms with Crippen molar-refractivity contribution in [3.05, 3.63) is 29.8 Å². The Balaban J connectivity index is 1.87. The van der Waals surface area contributed by atoms with Crippen molar-refractivity contribution in [2.75, 3.05) is 58.4 Å². The zero-order valence-corrected chi connectivity index (χ0v) is 23.3. The van der Waals surface area contributed by atoms with Crippen LogP contribution in [-0.4, -0.2) is 106 Å². The van der Waals surface area contributed by atoms with Gasteiger partial charge in [-0.25, -0.2) is 0 Å². The lowest BCUT2D eigenvalue weighted by molar-refractivity contribution is -0.134. The number of piperazine rings is 1. The first kappa shape index (κ1) is 32.6. The van der Waals surface area contributed by atoms with Gasteiger partial charge in [-0.2, -0.15) is 0 Å². The van der Waals surface area contributed by atoms with Crippen molar-refractivity contribution in [2.45, 2.75) is 44.9 Å². The average Bonchev–Trinajstić information content (AvgIpc) is 2.92. The van der Waals surface area contributed by atoms with Gasteiger partial charge in [0.2, 0.25) is 29.5 Å². The molecule has 1 aromatic carbocycles. The van der Waals surface area contributed by atoms with Gasteiger partial charge < -0.3 is 41.8 Å². The summed E-state index contributed by atoms with van der Waals surface area (Å²) in [5, 5.41) is 13.4. The van der Waals surface area contributed by atoms with Crippen molar-refractivity contribution < 1.29 is 33.4 Å². The molecule has 1 aliphatic rings. The molecule has 0 spiro atoms. The number of primary amides is 1. The quantitative estimate of drug-likeness (QED) is 0.124. The van der Waals surface area contributed by atoms with E-state index in [9.17, 15) is 24.0 Å². The van der Waals surface area contributed by atoms with Crippen molar-refractivity contribution in [3.63, 3.8) is 0 Å². The van der Waals surface area contributed by atoms with Crippen LogP contribution in [0.15, 0.2) is 24.3 Å². The molecule has 0 aromatic heterocycles. The molecule has 0 unspecified atom stereocenters. The van der Waals surface area contributed by atoms with Crippen LogP contribution in [-0.2, 0) is 40.0 Å². The van der Waals surface area contributed by atoms with Gasteiger partial charge in [-0.1, -0.05) is 12.1 Å². The highest BCUT2D eigenvalue weighted by atomic mass is 16.5. The van der Waals surface area contributed by atoms with E-state index >= 15 is 0 Å². The minimum absolute atomic E-state index is 0.226. The third kappa shape index (κ3) is 12.1. The Hall–Kier alpha value is -3.59. The fourth-order valence-electron chi connectivity index (χ4n) is 3.82. The fourth-order valence-corrected chi connectivity index (χ4v) is 3.82. The summed E-state index contributed by atoms with van der Waals surface area (Å²) in [6.45, 7) is 7.78. The number of hydrogen-bond acceptors (Lipinski definition) is 9. The number of benzene rings is 1. The summed E-state index contributed by atoms with van der Waals surface area (Å²) in [5.41, 5.74) is 6.89. The van der Waals surface area contributed by atoms with E-state index in [1.54, 1.807) is 12.1 Å². The third-order valence-corrected chi connectivity index (χ3v) is 6.06. The molecule has 1 saturated heterocycles. The standard InChI is InChI=1S/C26H41N7O7/c1-17(29-23(35)16-40-13-12-39-3)24(36)30-18(2)25(37)32-21(14-22(27)34)26(38)31-20-6-4-19(5-7-20)15-33-10-8-28-9-11-33/h4-7,17-18,21,28H,8-16H2,1-3H3,(H2,27,34)(H,29,35)(H,30,36)(H,31,38)(H,32,37)/t17-,18-,21-/m0/s1. The SMILES string of the molecule is COCCOCC(=O)N[C@@H](C)C(=O)N[C@@H](C)C(=O)N[C@@H](CC(N)=O)C(=O)Nc1ccc(CN2CCNCC2)cc1. The van der Waals surface area contributed by atoms with Crippen molar-refractivity contribution >= 4 is 35.2 Å². The Morgan fingerprint density at radius 2 is 1.55 bits per heavy atom. The van der Waals surface area contributed by atoms with E-state index in [-0.39, 0.29) is 13.2 Å². The van der Waals surface area contributed by atoms with Gasteiger partial charge in [0.25, 0.3) is 0 Å². The molecule has 1 aliphatic heterocycles. The second-order valence-corrected chi connectivity index (χ2v) is 9.51. The van der Waals surface area contributed by atoms with Crippen LogP contribution in [0.4, 0.5) is 5.69 Å². The zero-order valence-electron chi connectivity index (χ0n) is 23.3. The van der Waals surface area contributed by atoms with Gasteiger partial charge in [-0.3, -0.25) is 28.9 Å². The number of amides is 5. The first-order valence-corrected chi connectivity index (χ1v) is 13.2. The van der Waals surface area contributed by atoms with E-state index in [1.807, 2.05) is 12.1 Å². The van der Waals surface area contributed by atoms with Crippen LogP contribution in [0.3, 0.4) is 0 Å². The summed E-state index contributed by atoms with van der Waals surface area (Å²) in [7, 11) is 1.50. The normalized spacial score (nSPS) is 15.8. The first-order valence-electron chi connectivity index (χ1n) is 13.2. The predicted octanol–water partition coefficient (Wildman–Crippen LogP) is -1.94. The molecule has 0 radical (unpaired) electrons. The number of anilines is 1. The van der Waals surface area contributed by atoms with Gasteiger partial charge in [0.15, 0.2) is 0 Å². The van der Waals surface area contributed by atoms with Crippen LogP contribution >= 0.6 is 0 Å². The van der Waals surface area contributed by atoms with E-state index in [4.69, 9.17) is 15.2 Å². The molecule has 1 heterocycles. The maximum atomic E-state index is 12.9. The van der Waals surface area contributed by atoms with Crippen molar-refractivity contribution in [2.24, 2.45) is 5.73 Å². The molecule has 1 aromatic rings. The van der Waals surface area contributed by atoms with E-state index in [0.29, 0.717) is 12.3 Å². The van der Waals surface area contributed by atoms with E-state index in [1.165, 1.54) is 21.0 Å². The summed E-state index contributed by atoms with van der Waals surface area (Å²) < 4.78 is 9.92. The maximum Gasteiger partial charge on any atom is 0.247 e. The molecule has 3 atom stereocenters. The number of carbonyl (C=O) groups excluding carboxylic acids is 5. The molecule has 0 bridgehead atoms. The maximum absolute atomic E-state index is 12.9. The van der Waals surface area contributed by atoms with Crippen LogP contribution in [0.2, 0.25) is 0 Å². The Kier molecular flexibility index (Phi) is 14.0. The van der Waals surface area contributed by atoms with E-state index < -0.39 is 54.1 Å². The van der Waals surface area contributed by atoms with Gasteiger partial charge in [0.1, 0.15) is 24.7 Å². The minimum atomic E-state index is -1.26. The number of nitrogens with two attached hydrogens (primary N) is 1. The molecule has 14 heteroatoms. The van der Waals surface area contributed by atoms with Crippen LogP contribution in [0.1, 0.15) is 25.8 Å². The molecule has 2 rings (SSSR count). The number of ether oxygens (including phenoxy) is 2. The van der Waals surface area contributed by atoms with Crippen LogP contribution < -0.4 is 32.3 Å². The fraction of sp³-hybridized carbons (Fsp3) is 0.577. The van der Waals surface area contributed by atoms with Gasteiger partial charge >= 0.3 is 0 Å². The smallest absolute Gasteiger partial charge is 0.247 e. The van der Waals surface area contributed by atoms with Crippen molar-refractivity contribution in [1.82, 2.24) is 26.2 Å². The Labute approximate surface area is 234 Å². The Morgan fingerprint density at radius 3 is 2.17 bits per heavy atom.